The molecule has 4 heteroatoms. The number of benzene rings is 1. The number of nitrogens with one attached hydrogen (secondary N) is 1. The van der Waals surface area contributed by atoms with Gasteiger partial charge in [0, 0.05) is 5.54 Å². The van der Waals surface area contributed by atoms with E-state index in [1.165, 1.54) is 0 Å². The lowest BCUT2D eigenvalue weighted by Gasteiger charge is -2.28. The maximum atomic E-state index is 9.42. The van der Waals surface area contributed by atoms with Crippen molar-refractivity contribution in [3.63, 3.8) is 0 Å². The van der Waals surface area contributed by atoms with E-state index in [9.17, 15) is 5.11 Å². The fourth-order valence-electron chi connectivity index (χ4n) is 2.26. The zero-order valence-corrected chi connectivity index (χ0v) is 13.5. The Kier molecular flexibility index (Phi) is 8.16. The molecule has 0 heterocycles. The molecule has 1 aromatic rings. The number of likely N-dealkylation sites (N-methyl/N-ethyl adjacent to an activating group) is 1. The molecule has 0 aromatic heterocycles. The molecule has 1 atom stereocenters. The SMILES string of the molecule is CCNC(C)(CO)CCCCOc1ccc(OCC)cc1. The Balaban J connectivity index is 2.21. The van der Waals surface area contributed by atoms with Crippen molar-refractivity contribution in [2.45, 2.75) is 45.6 Å². The predicted octanol–water partition coefficient (Wildman–Crippen LogP) is 2.99. The summed E-state index contributed by atoms with van der Waals surface area (Å²) in [7, 11) is 0. The van der Waals surface area contributed by atoms with Crippen LogP contribution in [0.4, 0.5) is 0 Å². The van der Waals surface area contributed by atoms with Gasteiger partial charge in [0.05, 0.1) is 19.8 Å². The maximum absolute atomic E-state index is 9.42. The van der Waals surface area contributed by atoms with Crippen molar-refractivity contribution in [1.29, 1.82) is 0 Å². The van der Waals surface area contributed by atoms with Crippen LogP contribution < -0.4 is 14.8 Å². The Labute approximate surface area is 128 Å². The minimum atomic E-state index is -0.173. The molecule has 0 saturated heterocycles. The van der Waals surface area contributed by atoms with Crippen LogP contribution >= 0.6 is 0 Å². The van der Waals surface area contributed by atoms with Crippen molar-refractivity contribution in [3.8, 4) is 11.5 Å². The highest BCUT2D eigenvalue weighted by atomic mass is 16.5. The molecule has 2 N–H and O–H groups in total. The summed E-state index contributed by atoms with van der Waals surface area (Å²) < 4.78 is 11.1. The lowest BCUT2D eigenvalue weighted by atomic mass is 9.96. The Hall–Kier alpha value is -1.26. The standard InChI is InChI=1S/C17H29NO3/c1-4-18-17(3,14-19)12-6-7-13-21-16-10-8-15(9-11-16)20-5-2/h8-11,18-19H,4-7,12-14H2,1-3H3. The third kappa shape index (κ3) is 6.82. The van der Waals surface area contributed by atoms with E-state index in [1.54, 1.807) is 0 Å². The van der Waals surface area contributed by atoms with Crippen LogP contribution in [0.1, 0.15) is 40.0 Å². The molecule has 0 fully saturated rings. The molecule has 21 heavy (non-hydrogen) atoms. The molecule has 120 valence electrons. The first kappa shape index (κ1) is 17.8. The number of ether oxygens (including phenoxy) is 2. The molecule has 0 amide bonds. The van der Waals surface area contributed by atoms with Gasteiger partial charge < -0.3 is 19.9 Å². The molecular weight excluding hydrogens is 266 g/mol. The summed E-state index contributed by atoms with van der Waals surface area (Å²) in [6.45, 7) is 8.50. The quantitative estimate of drug-likeness (QED) is 0.616. The molecule has 1 aromatic carbocycles. The van der Waals surface area contributed by atoms with Gasteiger partial charge in [-0.15, -0.1) is 0 Å². The molecule has 0 spiro atoms. The highest BCUT2D eigenvalue weighted by Gasteiger charge is 2.20. The summed E-state index contributed by atoms with van der Waals surface area (Å²) in [5.74, 6) is 1.74. The van der Waals surface area contributed by atoms with E-state index in [0.29, 0.717) is 13.2 Å². The maximum Gasteiger partial charge on any atom is 0.119 e. The third-order valence-corrected chi connectivity index (χ3v) is 3.48. The van der Waals surface area contributed by atoms with Crippen molar-refractivity contribution in [2.75, 3.05) is 26.4 Å². The van der Waals surface area contributed by atoms with Crippen LogP contribution in [0.5, 0.6) is 11.5 Å². The van der Waals surface area contributed by atoms with Crippen molar-refractivity contribution in [3.05, 3.63) is 24.3 Å². The van der Waals surface area contributed by atoms with Gasteiger partial charge in [0.25, 0.3) is 0 Å². The predicted molar refractivity (Wildman–Crippen MR) is 86.1 cm³/mol. The van der Waals surface area contributed by atoms with Gasteiger partial charge in [-0.3, -0.25) is 0 Å². The van der Waals surface area contributed by atoms with Crippen molar-refractivity contribution >= 4 is 0 Å². The number of unbranched alkanes of at least 4 members (excludes halogenated alkanes) is 1. The first-order valence-corrected chi connectivity index (χ1v) is 7.85. The normalized spacial score (nSPS) is 13.7. The van der Waals surface area contributed by atoms with E-state index in [4.69, 9.17) is 9.47 Å². The van der Waals surface area contributed by atoms with Crippen LogP contribution in [0.3, 0.4) is 0 Å². The number of hydrogen-bond donors (Lipinski definition) is 2. The monoisotopic (exact) mass is 295 g/mol. The Morgan fingerprint density at radius 1 is 1.05 bits per heavy atom. The van der Waals surface area contributed by atoms with Crippen LogP contribution in [0.25, 0.3) is 0 Å². The van der Waals surface area contributed by atoms with E-state index >= 15 is 0 Å². The number of aliphatic hydroxyl groups excluding tert-OH is 1. The zero-order valence-electron chi connectivity index (χ0n) is 13.5. The summed E-state index contributed by atoms with van der Waals surface area (Å²) in [4.78, 5) is 0. The number of aliphatic hydroxyl groups is 1. The fourth-order valence-corrected chi connectivity index (χ4v) is 2.26. The van der Waals surface area contributed by atoms with Crippen molar-refractivity contribution in [1.82, 2.24) is 5.32 Å². The molecule has 1 rings (SSSR count). The van der Waals surface area contributed by atoms with Crippen LogP contribution in [0.15, 0.2) is 24.3 Å². The highest BCUT2D eigenvalue weighted by Crippen LogP contribution is 2.18. The van der Waals surface area contributed by atoms with E-state index in [-0.39, 0.29) is 12.1 Å². The summed E-state index contributed by atoms with van der Waals surface area (Å²) >= 11 is 0. The average molecular weight is 295 g/mol. The highest BCUT2D eigenvalue weighted by molar-refractivity contribution is 5.31. The minimum Gasteiger partial charge on any atom is -0.494 e. The van der Waals surface area contributed by atoms with E-state index in [1.807, 2.05) is 31.2 Å². The number of rotatable bonds is 11. The van der Waals surface area contributed by atoms with Gasteiger partial charge in [0.15, 0.2) is 0 Å². The second-order valence-corrected chi connectivity index (χ2v) is 5.46. The largest absolute Gasteiger partial charge is 0.494 e. The topological polar surface area (TPSA) is 50.7 Å². The smallest absolute Gasteiger partial charge is 0.119 e. The second-order valence-electron chi connectivity index (χ2n) is 5.46. The molecule has 0 aliphatic heterocycles. The molecule has 0 aliphatic carbocycles. The van der Waals surface area contributed by atoms with Gasteiger partial charge in [-0.05, 0) is 63.9 Å². The Morgan fingerprint density at radius 2 is 1.67 bits per heavy atom. The first-order valence-electron chi connectivity index (χ1n) is 7.85. The summed E-state index contributed by atoms with van der Waals surface area (Å²) in [6, 6.07) is 7.71. The molecule has 0 bridgehead atoms. The molecule has 4 nitrogen and oxygen atoms in total. The van der Waals surface area contributed by atoms with Crippen molar-refractivity contribution < 1.29 is 14.6 Å². The van der Waals surface area contributed by atoms with Crippen LogP contribution in [-0.2, 0) is 0 Å². The van der Waals surface area contributed by atoms with Crippen LogP contribution in [-0.4, -0.2) is 37.0 Å². The van der Waals surface area contributed by atoms with E-state index in [2.05, 4.69) is 19.2 Å². The van der Waals surface area contributed by atoms with Crippen molar-refractivity contribution in [2.24, 2.45) is 0 Å². The van der Waals surface area contributed by atoms with Gasteiger partial charge in [-0.1, -0.05) is 6.92 Å². The van der Waals surface area contributed by atoms with Crippen LogP contribution in [0.2, 0.25) is 0 Å². The van der Waals surface area contributed by atoms with Gasteiger partial charge in [-0.2, -0.15) is 0 Å². The molecule has 0 saturated carbocycles. The van der Waals surface area contributed by atoms with E-state index in [0.717, 1.165) is 37.3 Å². The molecule has 0 aliphatic rings. The summed E-state index contributed by atoms with van der Waals surface area (Å²) in [5, 5.41) is 12.7. The molecular formula is C17H29NO3. The van der Waals surface area contributed by atoms with Gasteiger partial charge >= 0.3 is 0 Å². The van der Waals surface area contributed by atoms with Crippen LogP contribution in [0, 0.1) is 0 Å². The average Bonchev–Trinajstić information content (AvgIpc) is 2.49. The lowest BCUT2D eigenvalue weighted by Crippen LogP contribution is -2.45. The lowest BCUT2D eigenvalue weighted by molar-refractivity contribution is 0.162. The van der Waals surface area contributed by atoms with E-state index < -0.39 is 0 Å². The summed E-state index contributed by atoms with van der Waals surface area (Å²) in [6.07, 6.45) is 2.96. The molecule has 1 unspecified atom stereocenters. The Bertz CT molecular complexity index is 380. The Morgan fingerprint density at radius 3 is 2.19 bits per heavy atom. The summed E-state index contributed by atoms with van der Waals surface area (Å²) in [5.41, 5.74) is -0.173. The first-order chi connectivity index (χ1) is 10.1. The second kappa shape index (κ2) is 9.64. The minimum absolute atomic E-state index is 0.167. The zero-order chi connectivity index (χ0) is 15.6. The van der Waals surface area contributed by atoms with Gasteiger partial charge in [0.1, 0.15) is 11.5 Å². The third-order valence-electron chi connectivity index (χ3n) is 3.48. The molecule has 0 radical (unpaired) electrons. The van der Waals surface area contributed by atoms with Gasteiger partial charge in [0.2, 0.25) is 0 Å². The van der Waals surface area contributed by atoms with Gasteiger partial charge in [-0.25, -0.2) is 0 Å². The number of hydrogen-bond acceptors (Lipinski definition) is 4. The fraction of sp³-hybridized carbons (Fsp3) is 0.647.